The summed E-state index contributed by atoms with van der Waals surface area (Å²) in [4.78, 5) is 0. The molecule has 1 unspecified atom stereocenters. The molecule has 1 saturated carbocycles. The Morgan fingerprint density at radius 2 is 1.90 bits per heavy atom. The van der Waals surface area contributed by atoms with Gasteiger partial charge in [-0.25, -0.2) is 0 Å². The van der Waals surface area contributed by atoms with Crippen molar-refractivity contribution in [1.82, 2.24) is 0 Å². The molecule has 0 amide bonds. The molecule has 0 saturated heterocycles. The van der Waals surface area contributed by atoms with Crippen LogP contribution in [0.15, 0.2) is 40.9 Å². The van der Waals surface area contributed by atoms with Gasteiger partial charge in [0.2, 0.25) is 0 Å². The Kier molecular flexibility index (Phi) is 4.63. The fourth-order valence-electron chi connectivity index (χ4n) is 3.26. The number of hydrogen-bond donors (Lipinski definition) is 1. The lowest BCUT2D eigenvalue weighted by Crippen LogP contribution is -2.32. The third-order valence-electron chi connectivity index (χ3n) is 4.42. The van der Waals surface area contributed by atoms with E-state index in [1.807, 2.05) is 31.2 Å². The summed E-state index contributed by atoms with van der Waals surface area (Å²) in [6, 6.07) is 12.3. The van der Waals surface area contributed by atoms with Crippen LogP contribution in [0.2, 0.25) is 0 Å². The monoisotopic (exact) mass is 348 g/mol. The summed E-state index contributed by atoms with van der Waals surface area (Å²) in [7, 11) is 0. The molecular weight excluding hydrogens is 328 g/mol. The van der Waals surface area contributed by atoms with Crippen LogP contribution in [-0.4, -0.2) is 17.8 Å². The highest BCUT2D eigenvalue weighted by Gasteiger charge is 2.31. The molecule has 0 radical (unpaired) electrons. The van der Waals surface area contributed by atoms with Crippen molar-refractivity contribution < 1.29 is 9.84 Å². The first-order chi connectivity index (χ1) is 10.2. The average molecular weight is 349 g/mol. The summed E-state index contributed by atoms with van der Waals surface area (Å²) in [5.41, 5.74) is 1.04. The number of aliphatic hydroxyl groups is 1. The predicted molar refractivity (Wildman–Crippen MR) is 89.4 cm³/mol. The highest BCUT2D eigenvalue weighted by atomic mass is 79.9. The summed E-state index contributed by atoms with van der Waals surface area (Å²) in [6.07, 6.45) is 3.01. The molecular formula is C18H21BrO2. The van der Waals surface area contributed by atoms with Gasteiger partial charge in [0.15, 0.2) is 0 Å². The Bertz CT molecular complexity index is 620. The molecule has 0 aromatic heterocycles. The first-order valence-corrected chi connectivity index (χ1v) is 8.45. The largest absolute Gasteiger partial charge is 0.388 e. The minimum atomic E-state index is -0.393. The van der Waals surface area contributed by atoms with Crippen LogP contribution >= 0.6 is 15.9 Å². The standard InChI is InChI=1S/C18H21BrO2/c1-2-21-13-9-12(10-13)11-18(20)16-7-8-17(19)15-6-4-3-5-14(15)16/h3-8,12-13,18,20H,2,9-11H2,1H3. The lowest BCUT2D eigenvalue weighted by molar-refractivity contribution is -0.0378. The Morgan fingerprint density at radius 3 is 2.62 bits per heavy atom. The van der Waals surface area contributed by atoms with Crippen LogP contribution in [0.4, 0.5) is 0 Å². The van der Waals surface area contributed by atoms with Gasteiger partial charge in [0.05, 0.1) is 12.2 Å². The van der Waals surface area contributed by atoms with Gasteiger partial charge < -0.3 is 9.84 Å². The van der Waals surface area contributed by atoms with Gasteiger partial charge in [-0.1, -0.05) is 46.3 Å². The smallest absolute Gasteiger partial charge is 0.0798 e. The van der Waals surface area contributed by atoms with E-state index >= 15 is 0 Å². The maximum atomic E-state index is 10.6. The Morgan fingerprint density at radius 1 is 1.19 bits per heavy atom. The normalized spacial score (nSPS) is 23.0. The first-order valence-electron chi connectivity index (χ1n) is 7.65. The van der Waals surface area contributed by atoms with E-state index in [4.69, 9.17) is 4.74 Å². The van der Waals surface area contributed by atoms with Crippen LogP contribution in [0.5, 0.6) is 0 Å². The van der Waals surface area contributed by atoms with E-state index in [-0.39, 0.29) is 0 Å². The molecule has 2 nitrogen and oxygen atoms in total. The highest BCUT2D eigenvalue weighted by Crippen LogP contribution is 2.39. The highest BCUT2D eigenvalue weighted by molar-refractivity contribution is 9.10. The Labute approximate surface area is 134 Å². The van der Waals surface area contributed by atoms with E-state index in [0.29, 0.717) is 12.0 Å². The summed E-state index contributed by atoms with van der Waals surface area (Å²) in [5, 5.41) is 12.9. The first kappa shape index (κ1) is 15.0. The van der Waals surface area contributed by atoms with Gasteiger partial charge >= 0.3 is 0 Å². The van der Waals surface area contributed by atoms with Crippen molar-refractivity contribution in [3.8, 4) is 0 Å². The van der Waals surface area contributed by atoms with Crippen molar-refractivity contribution in [2.45, 2.75) is 38.4 Å². The number of hydrogen-bond acceptors (Lipinski definition) is 2. The van der Waals surface area contributed by atoms with Crippen molar-refractivity contribution in [1.29, 1.82) is 0 Å². The second kappa shape index (κ2) is 6.47. The number of rotatable bonds is 5. The number of aliphatic hydroxyl groups excluding tert-OH is 1. The lowest BCUT2D eigenvalue weighted by Gasteiger charge is -2.36. The molecule has 0 heterocycles. The minimum absolute atomic E-state index is 0.393. The van der Waals surface area contributed by atoms with Crippen molar-refractivity contribution in [2.24, 2.45) is 5.92 Å². The van der Waals surface area contributed by atoms with Crippen LogP contribution in [0.1, 0.15) is 37.9 Å². The molecule has 112 valence electrons. The van der Waals surface area contributed by atoms with E-state index in [0.717, 1.165) is 46.7 Å². The number of ether oxygens (including phenoxy) is 1. The maximum Gasteiger partial charge on any atom is 0.0798 e. The zero-order chi connectivity index (χ0) is 14.8. The van der Waals surface area contributed by atoms with Gasteiger partial charge in [-0.3, -0.25) is 0 Å². The molecule has 0 spiro atoms. The zero-order valence-corrected chi connectivity index (χ0v) is 13.8. The summed E-state index contributed by atoms with van der Waals surface area (Å²) in [5.74, 6) is 0.582. The van der Waals surface area contributed by atoms with E-state index in [1.54, 1.807) is 0 Å². The second-order valence-electron chi connectivity index (χ2n) is 5.85. The topological polar surface area (TPSA) is 29.5 Å². The molecule has 2 aromatic rings. The average Bonchev–Trinajstić information content (AvgIpc) is 2.45. The van der Waals surface area contributed by atoms with Crippen molar-refractivity contribution >= 4 is 26.7 Å². The van der Waals surface area contributed by atoms with Crippen LogP contribution in [-0.2, 0) is 4.74 Å². The van der Waals surface area contributed by atoms with Gasteiger partial charge in [-0.2, -0.15) is 0 Å². The van der Waals surface area contributed by atoms with Gasteiger partial charge in [-0.15, -0.1) is 0 Å². The van der Waals surface area contributed by atoms with E-state index < -0.39 is 6.10 Å². The molecule has 1 atom stereocenters. The summed E-state index contributed by atoms with van der Waals surface area (Å²) >= 11 is 3.58. The molecule has 0 aliphatic heterocycles. The molecule has 1 aliphatic carbocycles. The Balaban J connectivity index is 1.74. The SMILES string of the molecule is CCOC1CC(CC(O)c2ccc(Br)c3ccccc23)C1. The minimum Gasteiger partial charge on any atom is -0.388 e. The fraction of sp³-hybridized carbons (Fsp3) is 0.444. The van der Waals surface area contributed by atoms with Gasteiger partial charge in [-0.05, 0) is 54.5 Å². The third-order valence-corrected chi connectivity index (χ3v) is 5.11. The molecule has 1 N–H and O–H groups in total. The van der Waals surface area contributed by atoms with Crippen LogP contribution < -0.4 is 0 Å². The van der Waals surface area contributed by atoms with Crippen LogP contribution in [0, 0.1) is 5.92 Å². The number of benzene rings is 2. The van der Waals surface area contributed by atoms with Crippen LogP contribution in [0.25, 0.3) is 10.8 Å². The van der Waals surface area contributed by atoms with Crippen molar-refractivity contribution in [3.05, 3.63) is 46.4 Å². The van der Waals surface area contributed by atoms with E-state index in [2.05, 4.69) is 28.1 Å². The number of halogens is 1. The molecule has 1 aliphatic rings. The molecule has 3 heteroatoms. The van der Waals surface area contributed by atoms with Gasteiger partial charge in [0.1, 0.15) is 0 Å². The van der Waals surface area contributed by atoms with E-state index in [9.17, 15) is 5.11 Å². The molecule has 1 fully saturated rings. The fourth-order valence-corrected chi connectivity index (χ4v) is 3.74. The molecule has 3 rings (SSSR count). The van der Waals surface area contributed by atoms with Gasteiger partial charge in [0, 0.05) is 11.1 Å². The Hall–Kier alpha value is -0.900. The summed E-state index contributed by atoms with van der Waals surface area (Å²) in [6.45, 7) is 2.83. The lowest BCUT2D eigenvalue weighted by atomic mass is 9.77. The predicted octanol–water partition coefficient (Wildman–Crippen LogP) is 4.84. The van der Waals surface area contributed by atoms with Gasteiger partial charge in [0.25, 0.3) is 0 Å². The quantitative estimate of drug-likeness (QED) is 0.837. The second-order valence-corrected chi connectivity index (χ2v) is 6.70. The molecule has 21 heavy (non-hydrogen) atoms. The summed E-state index contributed by atoms with van der Waals surface area (Å²) < 4.78 is 6.67. The van der Waals surface area contributed by atoms with Crippen molar-refractivity contribution in [3.63, 3.8) is 0 Å². The van der Waals surface area contributed by atoms with Crippen molar-refractivity contribution in [2.75, 3.05) is 6.61 Å². The van der Waals surface area contributed by atoms with E-state index in [1.165, 1.54) is 0 Å². The molecule has 0 bridgehead atoms. The third kappa shape index (κ3) is 3.15. The molecule has 2 aromatic carbocycles. The van der Waals surface area contributed by atoms with Crippen LogP contribution in [0.3, 0.4) is 0 Å². The zero-order valence-electron chi connectivity index (χ0n) is 12.3. The number of fused-ring (bicyclic) bond motifs is 1. The maximum absolute atomic E-state index is 10.6.